The van der Waals surface area contributed by atoms with Crippen LogP contribution < -0.4 is 16.2 Å². The monoisotopic (exact) mass is 516 g/mol. The average Bonchev–Trinajstić information content (AvgIpc) is 3.14. The van der Waals surface area contributed by atoms with E-state index in [4.69, 9.17) is 27.2 Å². The molecule has 2 aliphatic heterocycles. The summed E-state index contributed by atoms with van der Waals surface area (Å²) in [6.07, 6.45) is 7.55. The minimum atomic E-state index is -0.220. The molecule has 2 fully saturated rings. The van der Waals surface area contributed by atoms with Gasteiger partial charge in [-0.25, -0.2) is 15.0 Å². The molecular formula is C24H29ClN6O3S. The Kier molecular flexibility index (Phi) is 7.00. The van der Waals surface area contributed by atoms with E-state index in [9.17, 15) is 4.79 Å². The highest BCUT2D eigenvalue weighted by Gasteiger charge is 2.47. The summed E-state index contributed by atoms with van der Waals surface area (Å²) in [6.45, 7) is 4.92. The van der Waals surface area contributed by atoms with Crippen molar-refractivity contribution in [3.05, 3.63) is 46.2 Å². The molecule has 0 bridgehead atoms. The zero-order valence-corrected chi connectivity index (χ0v) is 21.1. The van der Waals surface area contributed by atoms with Crippen molar-refractivity contribution >= 4 is 40.1 Å². The van der Waals surface area contributed by atoms with Gasteiger partial charge in [-0.2, -0.15) is 0 Å². The fourth-order valence-corrected chi connectivity index (χ4v) is 6.08. The molecule has 2 atom stereocenters. The van der Waals surface area contributed by atoms with Crippen LogP contribution in [0.25, 0.3) is 10.9 Å². The lowest BCUT2D eigenvalue weighted by molar-refractivity contribution is 0.0974. The van der Waals surface area contributed by atoms with E-state index < -0.39 is 0 Å². The van der Waals surface area contributed by atoms with Crippen LogP contribution in [0.5, 0.6) is 0 Å². The van der Waals surface area contributed by atoms with Crippen LogP contribution in [-0.4, -0.2) is 63.1 Å². The maximum atomic E-state index is 12.9. The SMILES string of the molecule is C[C@@H]1OCC2(CCN(c3cnc(Sc4ccc5ncn(CCCO)c(=O)c5c4Cl)cn3)CC2)[C@@H]1N. The second kappa shape index (κ2) is 10.0. The van der Waals surface area contributed by atoms with Gasteiger partial charge < -0.3 is 20.5 Å². The lowest BCUT2D eigenvalue weighted by Gasteiger charge is -2.41. The zero-order chi connectivity index (χ0) is 24.6. The Morgan fingerprint density at radius 3 is 2.71 bits per heavy atom. The third kappa shape index (κ3) is 4.65. The van der Waals surface area contributed by atoms with Crippen molar-refractivity contribution in [3.63, 3.8) is 0 Å². The second-order valence-electron chi connectivity index (χ2n) is 9.30. The molecule has 3 N–H and O–H groups in total. The van der Waals surface area contributed by atoms with Gasteiger partial charge in [-0.3, -0.25) is 9.36 Å². The van der Waals surface area contributed by atoms with Crippen LogP contribution in [0.2, 0.25) is 5.02 Å². The molecule has 0 unspecified atom stereocenters. The highest BCUT2D eigenvalue weighted by Crippen LogP contribution is 2.42. The smallest absolute Gasteiger partial charge is 0.262 e. The van der Waals surface area contributed by atoms with Crippen molar-refractivity contribution < 1.29 is 9.84 Å². The summed E-state index contributed by atoms with van der Waals surface area (Å²) in [4.78, 5) is 29.4. The molecule has 0 radical (unpaired) electrons. The zero-order valence-electron chi connectivity index (χ0n) is 19.6. The molecule has 1 spiro atoms. The molecule has 186 valence electrons. The lowest BCUT2D eigenvalue weighted by Crippen LogP contribution is -2.50. The van der Waals surface area contributed by atoms with Crippen molar-refractivity contribution in [2.75, 3.05) is 31.2 Å². The molecule has 9 nitrogen and oxygen atoms in total. The number of nitrogens with zero attached hydrogens (tertiary/aromatic N) is 5. The summed E-state index contributed by atoms with van der Waals surface area (Å²) in [7, 11) is 0. The van der Waals surface area contributed by atoms with Crippen LogP contribution in [0, 0.1) is 5.41 Å². The highest BCUT2D eigenvalue weighted by molar-refractivity contribution is 7.99. The van der Waals surface area contributed by atoms with E-state index in [1.54, 1.807) is 18.5 Å². The Morgan fingerprint density at radius 1 is 1.26 bits per heavy atom. The number of nitrogens with two attached hydrogens (primary N) is 1. The van der Waals surface area contributed by atoms with E-state index >= 15 is 0 Å². The molecule has 3 aromatic rings. The summed E-state index contributed by atoms with van der Waals surface area (Å²) in [5.41, 5.74) is 6.82. The number of aliphatic hydroxyl groups excluding tert-OH is 1. The molecule has 0 amide bonds. The summed E-state index contributed by atoms with van der Waals surface area (Å²) < 4.78 is 7.29. The minimum Gasteiger partial charge on any atom is -0.396 e. The van der Waals surface area contributed by atoms with Crippen LogP contribution in [-0.2, 0) is 11.3 Å². The molecule has 2 saturated heterocycles. The first-order valence-electron chi connectivity index (χ1n) is 11.8. The Labute approximate surface area is 212 Å². The van der Waals surface area contributed by atoms with Gasteiger partial charge in [-0.05, 0) is 38.3 Å². The van der Waals surface area contributed by atoms with Gasteiger partial charge in [-0.15, -0.1) is 0 Å². The van der Waals surface area contributed by atoms with Crippen LogP contribution in [0.4, 0.5) is 5.82 Å². The minimum absolute atomic E-state index is 0.00221. The lowest BCUT2D eigenvalue weighted by atomic mass is 9.73. The molecule has 2 aromatic heterocycles. The van der Waals surface area contributed by atoms with E-state index in [0.717, 1.165) is 38.4 Å². The molecule has 1 aromatic carbocycles. The number of anilines is 1. The average molecular weight is 517 g/mol. The Balaban J connectivity index is 1.30. The summed E-state index contributed by atoms with van der Waals surface area (Å²) in [5.74, 6) is 0.838. The number of benzene rings is 1. The number of aryl methyl sites for hydroxylation is 1. The summed E-state index contributed by atoms with van der Waals surface area (Å²) in [5, 5.41) is 10.5. The van der Waals surface area contributed by atoms with E-state index in [1.807, 2.05) is 6.07 Å². The molecule has 5 rings (SSSR count). The van der Waals surface area contributed by atoms with Gasteiger partial charge >= 0.3 is 0 Å². The first-order valence-corrected chi connectivity index (χ1v) is 13.0. The number of hydrogen-bond acceptors (Lipinski definition) is 9. The Bertz CT molecular complexity index is 1260. The Morgan fingerprint density at radius 2 is 2.06 bits per heavy atom. The predicted molar refractivity (Wildman–Crippen MR) is 136 cm³/mol. The van der Waals surface area contributed by atoms with Crippen LogP contribution in [0.1, 0.15) is 26.2 Å². The number of ether oxygens (including phenoxy) is 1. The molecule has 2 aliphatic rings. The first kappa shape index (κ1) is 24.5. The van der Waals surface area contributed by atoms with E-state index in [1.165, 1.54) is 22.7 Å². The number of fused-ring (bicyclic) bond motifs is 1. The van der Waals surface area contributed by atoms with Gasteiger partial charge in [0.15, 0.2) is 0 Å². The largest absolute Gasteiger partial charge is 0.396 e. The maximum Gasteiger partial charge on any atom is 0.262 e. The topological polar surface area (TPSA) is 119 Å². The number of aromatic nitrogens is 4. The van der Waals surface area contributed by atoms with Crippen LogP contribution in [0.15, 0.2) is 45.6 Å². The number of piperidine rings is 1. The van der Waals surface area contributed by atoms with Crippen molar-refractivity contribution in [1.82, 2.24) is 19.5 Å². The van der Waals surface area contributed by atoms with Crippen LogP contribution >= 0.6 is 23.4 Å². The molecule has 0 aliphatic carbocycles. The molecule has 4 heterocycles. The predicted octanol–water partition coefficient (Wildman–Crippen LogP) is 2.71. The van der Waals surface area contributed by atoms with Gasteiger partial charge in [0.2, 0.25) is 0 Å². The molecule has 11 heteroatoms. The fraction of sp³-hybridized carbons (Fsp3) is 0.500. The number of halogens is 1. The molecule has 35 heavy (non-hydrogen) atoms. The number of aliphatic hydroxyl groups is 1. The van der Waals surface area contributed by atoms with Gasteiger partial charge in [-0.1, -0.05) is 23.4 Å². The molecule has 0 saturated carbocycles. The summed E-state index contributed by atoms with van der Waals surface area (Å²) in [6, 6.07) is 3.70. The van der Waals surface area contributed by atoms with Crippen molar-refractivity contribution in [3.8, 4) is 0 Å². The maximum absolute atomic E-state index is 12.9. The quantitative estimate of drug-likeness (QED) is 0.509. The third-order valence-corrected chi connectivity index (χ3v) is 8.70. The number of rotatable bonds is 6. The standard InChI is InChI=1S/C24H29ClN6O3S/c1-15-22(26)24(13-34-15)5-8-30(9-6-24)18-11-28-19(12-27-18)35-17-4-3-16-20(21(17)25)23(33)31(14-29-16)7-2-10-32/h3-4,11-12,14-15,22,32H,2,5-10,13,26H2,1H3/t15-,22+/m0/s1. The van der Waals surface area contributed by atoms with Gasteiger partial charge in [0.1, 0.15) is 10.8 Å². The number of hydrogen-bond donors (Lipinski definition) is 2. The normalized spacial score (nSPS) is 21.8. The fourth-order valence-electron chi connectivity index (χ4n) is 4.96. The summed E-state index contributed by atoms with van der Waals surface area (Å²) >= 11 is 8.00. The van der Waals surface area contributed by atoms with E-state index in [2.05, 4.69) is 26.8 Å². The Hall–Kier alpha value is -2.24. The van der Waals surface area contributed by atoms with E-state index in [0.29, 0.717) is 38.8 Å². The van der Waals surface area contributed by atoms with Gasteiger partial charge in [0.05, 0.1) is 47.4 Å². The second-order valence-corrected chi connectivity index (χ2v) is 10.7. The highest BCUT2D eigenvalue weighted by atomic mass is 35.5. The van der Waals surface area contributed by atoms with Crippen molar-refractivity contribution in [1.29, 1.82) is 0 Å². The van der Waals surface area contributed by atoms with Crippen molar-refractivity contribution in [2.45, 2.75) is 54.8 Å². The van der Waals surface area contributed by atoms with E-state index in [-0.39, 0.29) is 29.7 Å². The van der Waals surface area contributed by atoms with Crippen molar-refractivity contribution in [2.24, 2.45) is 11.1 Å². The third-order valence-electron chi connectivity index (χ3n) is 7.21. The first-order chi connectivity index (χ1) is 16.9. The molecular weight excluding hydrogens is 488 g/mol. The van der Waals surface area contributed by atoms with Gasteiger partial charge in [0, 0.05) is 42.6 Å². The van der Waals surface area contributed by atoms with Gasteiger partial charge in [0.25, 0.3) is 5.56 Å². The van der Waals surface area contributed by atoms with Crippen LogP contribution in [0.3, 0.4) is 0 Å².